The van der Waals surface area contributed by atoms with Crippen molar-refractivity contribution in [3.63, 3.8) is 0 Å². The Hall–Kier alpha value is -1.73. The molecule has 1 aliphatic heterocycles. The van der Waals surface area contributed by atoms with Gasteiger partial charge in [0, 0.05) is 20.3 Å². The van der Waals surface area contributed by atoms with Gasteiger partial charge in [0.1, 0.15) is 12.4 Å². The molecule has 7 nitrogen and oxygen atoms in total. The van der Waals surface area contributed by atoms with Crippen molar-refractivity contribution in [2.24, 2.45) is 7.05 Å². The molecule has 1 fully saturated rings. The summed E-state index contributed by atoms with van der Waals surface area (Å²) >= 11 is 0. The zero-order valence-corrected chi connectivity index (χ0v) is 10.9. The van der Waals surface area contributed by atoms with Gasteiger partial charge in [0.25, 0.3) is 0 Å². The third-order valence-electron chi connectivity index (χ3n) is 3.28. The van der Waals surface area contributed by atoms with Crippen LogP contribution in [0, 0.1) is 0 Å². The standard InChI is InChI=1S/C12H17N5O2/c1-17-12-9(6-14-17)11(13)15-10(16-12)7-19-8-2-4-18-5-3-8/h6,8H,2-5,7H2,1H3,(H2,13,15,16). The Morgan fingerprint density at radius 3 is 3.00 bits per heavy atom. The Bertz CT molecular complexity index is 577. The van der Waals surface area contributed by atoms with Gasteiger partial charge in [-0.2, -0.15) is 5.10 Å². The zero-order valence-electron chi connectivity index (χ0n) is 10.9. The van der Waals surface area contributed by atoms with E-state index in [2.05, 4.69) is 15.1 Å². The minimum atomic E-state index is 0.223. The number of nitrogens with zero attached hydrogens (tertiary/aromatic N) is 4. The first-order valence-electron chi connectivity index (χ1n) is 6.37. The maximum absolute atomic E-state index is 5.90. The van der Waals surface area contributed by atoms with Gasteiger partial charge in [0.05, 0.1) is 17.7 Å². The molecule has 2 aromatic heterocycles. The van der Waals surface area contributed by atoms with Crippen molar-refractivity contribution in [3.8, 4) is 0 Å². The highest BCUT2D eigenvalue weighted by atomic mass is 16.5. The Balaban J connectivity index is 1.75. The number of aromatic nitrogens is 4. The molecule has 0 radical (unpaired) electrons. The van der Waals surface area contributed by atoms with E-state index in [0.29, 0.717) is 18.2 Å². The number of hydrogen-bond acceptors (Lipinski definition) is 6. The Labute approximate surface area is 110 Å². The van der Waals surface area contributed by atoms with Crippen molar-refractivity contribution in [1.82, 2.24) is 19.7 Å². The summed E-state index contributed by atoms with van der Waals surface area (Å²) in [5, 5.41) is 4.90. The monoisotopic (exact) mass is 263 g/mol. The first-order valence-corrected chi connectivity index (χ1v) is 6.37. The summed E-state index contributed by atoms with van der Waals surface area (Å²) < 4.78 is 12.8. The summed E-state index contributed by atoms with van der Waals surface area (Å²) in [6, 6.07) is 0. The number of aryl methyl sites for hydroxylation is 1. The summed E-state index contributed by atoms with van der Waals surface area (Å²) in [6.07, 6.45) is 3.74. The van der Waals surface area contributed by atoms with Crippen LogP contribution in [-0.4, -0.2) is 39.1 Å². The number of ether oxygens (including phenoxy) is 2. The van der Waals surface area contributed by atoms with Gasteiger partial charge >= 0.3 is 0 Å². The van der Waals surface area contributed by atoms with Gasteiger partial charge in [-0.05, 0) is 12.8 Å². The molecule has 3 rings (SSSR count). The lowest BCUT2D eigenvalue weighted by Gasteiger charge is -2.21. The van der Waals surface area contributed by atoms with Crippen molar-refractivity contribution in [3.05, 3.63) is 12.0 Å². The smallest absolute Gasteiger partial charge is 0.163 e. The molecule has 0 aromatic carbocycles. The van der Waals surface area contributed by atoms with E-state index in [0.717, 1.165) is 37.1 Å². The van der Waals surface area contributed by atoms with Gasteiger partial charge in [-0.1, -0.05) is 0 Å². The molecule has 2 N–H and O–H groups in total. The van der Waals surface area contributed by atoms with E-state index in [9.17, 15) is 0 Å². The molecule has 1 saturated heterocycles. The van der Waals surface area contributed by atoms with Gasteiger partial charge < -0.3 is 15.2 Å². The fourth-order valence-electron chi connectivity index (χ4n) is 2.19. The molecule has 7 heteroatoms. The predicted octanol–water partition coefficient (Wildman–Crippen LogP) is 0.641. The van der Waals surface area contributed by atoms with Gasteiger partial charge in [-0.25, -0.2) is 9.97 Å². The molecule has 19 heavy (non-hydrogen) atoms. The maximum atomic E-state index is 5.90. The topological polar surface area (TPSA) is 88.1 Å². The molecular weight excluding hydrogens is 246 g/mol. The van der Waals surface area contributed by atoms with Crippen LogP contribution < -0.4 is 5.73 Å². The van der Waals surface area contributed by atoms with Gasteiger partial charge in [-0.3, -0.25) is 4.68 Å². The number of hydrogen-bond donors (Lipinski definition) is 1. The van der Waals surface area contributed by atoms with Crippen LogP contribution in [0.3, 0.4) is 0 Å². The van der Waals surface area contributed by atoms with Crippen molar-refractivity contribution < 1.29 is 9.47 Å². The van der Waals surface area contributed by atoms with E-state index in [1.807, 2.05) is 7.05 Å². The van der Waals surface area contributed by atoms with E-state index < -0.39 is 0 Å². The lowest BCUT2D eigenvalue weighted by atomic mass is 10.2. The summed E-state index contributed by atoms with van der Waals surface area (Å²) in [6.45, 7) is 1.89. The van der Waals surface area contributed by atoms with Crippen LogP contribution in [0.15, 0.2) is 6.20 Å². The Morgan fingerprint density at radius 1 is 1.42 bits per heavy atom. The highest BCUT2D eigenvalue weighted by molar-refractivity contribution is 5.84. The molecule has 102 valence electrons. The normalized spacial score (nSPS) is 17.1. The second-order valence-corrected chi connectivity index (χ2v) is 4.65. The maximum Gasteiger partial charge on any atom is 0.163 e. The molecule has 0 atom stereocenters. The van der Waals surface area contributed by atoms with Crippen LogP contribution in [0.25, 0.3) is 11.0 Å². The molecular formula is C12H17N5O2. The molecule has 0 aliphatic carbocycles. The summed E-state index contributed by atoms with van der Waals surface area (Å²) in [4.78, 5) is 8.69. The molecule has 0 spiro atoms. The van der Waals surface area contributed by atoms with Crippen molar-refractivity contribution in [2.45, 2.75) is 25.6 Å². The fourth-order valence-corrected chi connectivity index (χ4v) is 2.19. The Morgan fingerprint density at radius 2 is 2.21 bits per heavy atom. The molecule has 0 saturated carbocycles. The van der Waals surface area contributed by atoms with Crippen LogP contribution >= 0.6 is 0 Å². The van der Waals surface area contributed by atoms with E-state index in [4.69, 9.17) is 15.2 Å². The second-order valence-electron chi connectivity index (χ2n) is 4.65. The van der Waals surface area contributed by atoms with E-state index >= 15 is 0 Å². The minimum absolute atomic E-state index is 0.223. The molecule has 0 unspecified atom stereocenters. The lowest BCUT2D eigenvalue weighted by Crippen LogP contribution is -2.23. The number of fused-ring (bicyclic) bond motifs is 1. The van der Waals surface area contributed by atoms with Crippen LogP contribution in [-0.2, 0) is 23.1 Å². The third-order valence-corrected chi connectivity index (χ3v) is 3.28. The first kappa shape index (κ1) is 12.3. The average Bonchev–Trinajstić information content (AvgIpc) is 2.80. The summed E-state index contributed by atoms with van der Waals surface area (Å²) in [5.41, 5.74) is 6.63. The molecule has 1 aliphatic rings. The lowest BCUT2D eigenvalue weighted by molar-refractivity contribution is -0.0408. The molecule has 0 amide bonds. The van der Waals surface area contributed by atoms with E-state index in [-0.39, 0.29) is 6.10 Å². The van der Waals surface area contributed by atoms with E-state index in [1.165, 1.54) is 0 Å². The highest BCUT2D eigenvalue weighted by Crippen LogP contribution is 2.18. The number of anilines is 1. The quantitative estimate of drug-likeness (QED) is 0.874. The van der Waals surface area contributed by atoms with Crippen LogP contribution in [0.2, 0.25) is 0 Å². The highest BCUT2D eigenvalue weighted by Gasteiger charge is 2.15. The molecule has 3 heterocycles. The second kappa shape index (κ2) is 5.10. The molecule has 2 aromatic rings. The third kappa shape index (κ3) is 2.52. The largest absolute Gasteiger partial charge is 0.383 e. The predicted molar refractivity (Wildman–Crippen MR) is 69.3 cm³/mol. The van der Waals surface area contributed by atoms with Gasteiger partial charge in [0.2, 0.25) is 0 Å². The van der Waals surface area contributed by atoms with Crippen molar-refractivity contribution in [1.29, 1.82) is 0 Å². The van der Waals surface area contributed by atoms with Gasteiger partial charge in [0.15, 0.2) is 11.5 Å². The average molecular weight is 263 g/mol. The molecule has 0 bridgehead atoms. The first-order chi connectivity index (χ1) is 9.24. The van der Waals surface area contributed by atoms with Crippen LogP contribution in [0.1, 0.15) is 18.7 Å². The summed E-state index contributed by atoms with van der Waals surface area (Å²) in [5.74, 6) is 1.05. The van der Waals surface area contributed by atoms with Crippen LogP contribution in [0.5, 0.6) is 0 Å². The SMILES string of the molecule is Cn1ncc2c(N)nc(COC3CCOCC3)nc21. The van der Waals surface area contributed by atoms with E-state index in [1.54, 1.807) is 10.9 Å². The summed E-state index contributed by atoms with van der Waals surface area (Å²) in [7, 11) is 1.83. The van der Waals surface area contributed by atoms with Crippen molar-refractivity contribution >= 4 is 16.9 Å². The zero-order chi connectivity index (χ0) is 13.2. The van der Waals surface area contributed by atoms with Crippen molar-refractivity contribution in [2.75, 3.05) is 18.9 Å². The number of nitrogens with two attached hydrogens (primary N) is 1. The van der Waals surface area contributed by atoms with Crippen LogP contribution in [0.4, 0.5) is 5.82 Å². The fraction of sp³-hybridized carbons (Fsp3) is 0.583. The Kier molecular flexibility index (Phi) is 3.31. The van der Waals surface area contributed by atoms with Gasteiger partial charge in [-0.15, -0.1) is 0 Å². The minimum Gasteiger partial charge on any atom is -0.383 e. The number of rotatable bonds is 3. The number of nitrogen functional groups attached to an aromatic ring is 1.